The van der Waals surface area contributed by atoms with Gasteiger partial charge in [0, 0.05) is 18.5 Å². The van der Waals surface area contributed by atoms with Crippen LogP contribution in [-0.2, 0) is 0 Å². The summed E-state index contributed by atoms with van der Waals surface area (Å²) in [6, 6.07) is 3.59. The molecule has 0 aliphatic carbocycles. The number of hydrogen-bond acceptors (Lipinski definition) is 8. The molecule has 24 heavy (non-hydrogen) atoms. The van der Waals surface area contributed by atoms with E-state index >= 15 is 0 Å². The molecule has 0 unspecified atom stereocenters. The summed E-state index contributed by atoms with van der Waals surface area (Å²) in [4.78, 5) is 19.3. The quantitative estimate of drug-likeness (QED) is 0.777. The Labute approximate surface area is 141 Å². The number of anilines is 2. The van der Waals surface area contributed by atoms with Crippen molar-refractivity contribution in [3.8, 4) is 10.8 Å². The summed E-state index contributed by atoms with van der Waals surface area (Å²) in [6.07, 6.45) is 4.90. The minimum Gasteiger partial charge on any atom is -0.462 e. The molecule has 0 aromatic carbocycles. The van der Waals surface area contributed by atoms with Gasteiger partial charge in [-0.3, -0.25) is 4.79 Å². The highest BCUT2D eigenvalue weighted by atomic mass is 32.1. The molecule has 1 aliphatic rings. The number of furan rings is 1. The number of nitrogen functional groups attached to an aromatic ring is 1. The van der Waals surface area contributed by atoms with Crippen LogP contribution >= 0.6 is 11.3 Å². The second-order valence-electron chi connectivity index (χ2n) is 5.56. The van der Waals surface area contributed by atoms with E-state index in [9.17, 15) is 4.79 Å². The zero-order valence-electron chi connectivity index (χ0n) is 12.9. The van der Waals surface area contributed by atoms with Gasteiger partial charge in [0.05, 0.1) is 6.26 Å². The van der Waals surface area contributed by atoms with Crippen LogP contribution in [0.2, 0.25) is 0 Å². The maximum absolute atomic E-state index is 12.9. The number of rotatable bonds is 3. The Kier molecular flexibility index (Phi) is 3.77. The lowest BCUT2D eigenvalue weighted by Crippen LogP contribution is -2.33. The summed E-state index contributed by atoms with van der Waals surface area (Å²) in [5, 5.41) is 10.3. The Morgan fingerprint density at radius 3 is 2.83 bits per heavy atom. The van der Waals surface area contributed by atoms with Crippen molar-refractivity contribution in [1.29, 1.82) is 0 Å². The van der Waals surface area contributed by atoms with Gasteiger partial charge < -0.3 is 15.1 Å². The maximum Gasteiger partial charge on any atom is 0.287 e. The van der Waals surface area contributed by atoms with Crippen LogP contribution in [0.1, 0.15) is 29.8 Å². The molecule has 8 nitrogen and oxygen atoms in total. The molecule has 1 saturated heterocycles. The van der Waals surface area contributed by atoms with Crippen molar-refractivity contribution >= 4 is 29.1 Å². The molecule has 0 saturated carbocycles. The molecule has 4 rings (SSSR count). The number of nitrogens with zero attached hydrogens (tertiary/aromatic N) is 5. The molecule has 0 bridgehead atoms. The monoisotopic (exact) mass is 344 g/mol. The van der Waals surface area contributed by atoms with Crippen molar-refractivity contribution < 1.29 is 9.21 Å². The summed E-state index contributed by atoms with van der Waals surface area (Å²) < 4.78 is 6.66. The van der Waals surface area contributed by atoms with E-state index in [0.717, 1.165) is 25.9 Å². The first-order valence-electron chi connectivity index (χ1n) is 7.74. The normalized spacial score (nSPS) is 14.9. The number of aromatic nitrogens is 4. The van der Waals surface area contributed by atoms with Crippen LogP contribution < -0.4 is 10.6 Å². The van der Waals surface area contributed by atoms with Crippen molar-refractivity contribution in [3.63, 3.8) is 0 Å². The minimum atomic E-state index is -0.327. The fourth-order valence-electron chi connectivity index (χ4n) is 2.78. The van der Waals surface area contributed by atoms with Crippen LogP contribution in [0.5, 0.6) is 0 Å². The molecular formula is C15H16N6O2S. The van der Waals surface area contributed by atoms with E-state index in [4.69, 9.17) is 10.2 Å². The Hall–Kier alpha value is -2.68. The molecule has 0 amide bonds. The van der Waals surface area contributed by atoms with E-state index in [2.05, 4.69) is 15.2 Å². The third-order valence-electron chi connectivity index (χ3n) is 3.97. The van der Waals surface area contributed by atoms with Gasteiger partial charge in [-0.15, -0.1) is 21.5 Å². The summed E-state index contributed by atoms with van der Waals surface area (Å²) in [5.74, 6) is 0.872. The lowest BCUT2D eigenvalue weighted by atomic mass is 10.1. The number of carbonyl (C=O) groups is 1. The lowest BCUT2D eigenvalue weighted by molar-refractivity contribution is 0.0959. The fraction of sp³-hybridized carbons (Fsp3) is 0.333. The molecule has 0 spiro atoms. The average Bonchev–Trinajstić information content (AvgIpc) is 3.35. The van der Waals surface area contributed by atoms with E-state index in [1.165, 1.54) is 22.3 Å². The molecule has 0 atom stereocenters. The van der Waals surface area contributed by atoms with Gasteiger partial charge in [-0.25, -0.2) is 9.55 Å². The van der Waals surface area contributed by atoms with Crippen LogP contribution in [0.4, 0.5) is 11.9 Å². The molecule has 1 fully saturated rings. The van der Waals surface area contributed by atoms with E-state index in [-0.39, 0.29) is 11.9 Å². The number of nitrogens with two attached hydrogens (primary N) is 1. The standard InChI is InChI=1S/C15H16N6O2S/c16-14-18-19-15(20-6-2-1-3-7-20)21(14)13(22)10-9-24-12(17-10)11-5-4-8-23-11/h4-5,8-9H,1-3,6-7H2,(H2,16,18). The predicted octanol–water partition coefficient (Wildman–Crippen LogP) is 2.26. The van der Waals surface area contributed by atoms with Crippen molar-refractivity contribution in [1.82, 2.24) is 19.7 Å². The summed E-state index contributed by atoms with van der Waals surface area (Å²) in [6.45, 7) is 1.69. The molecule has 4 heterocycles. The second kappa shape index (κ2) is 6.08. The number of hydrogen-bond donors (Lipinski definition) is 1. The number of thiazole rings is 1. The Balaban J connectivity index is 1.66. The third kappa shape index (κ3) is 2.56. The van der Waals surface area contributed by atoms with Crippen molar-refractivity contribution in [2.24, 2.45) is 0 Å². The largest absolute Gasteiger partial charge is 0.462 e. The van der Waals surface area contributed by atoms with Crippen LogP contribution in [0.3, 0.4) is 0 Å². The van der Waals surface area contributed by atoms with Gasteiger partial charge >= 0.3 is 0 Å². The third-order valence-corrected chi connectivity index (χ3v) is 4.83. The highest BCUT2D eigenvalue weighted by Crippen LogP contribution is 2.26. The van der Waals surface area contributed by atoms with Gasteiger partial charge in [-0.1, -0.05) is 0 Å². The topological polar surface area (TPSA) is 103 Å². The first-order valence-corrected chi connectivity index (χ1v) is 8.62. The Morgan fingerprint density at radius 2 is 2.08 bits per heavy atom. The van der Waals surface area contributed by atoms with E-state index in [1.807, 2.05) is 4.90 Å². The second-order valence-corrected chi connectivity index (χ2v) is 6.42. The van der Waals surface area contributed by atoms with Gasteiger partial charge in [0.2, 0.25) is 11.9 Å². The van der Waals surface area contributed by atoms with Crippen LogP contribution in [0.25, 0.3) is 10.8 Å². The zero-order chi connectivity index (χ0) is 16.5. The predicted molar refractivity (Wildman–Crippen MR) is 90.0 cm³/mol. The fourth-order valence-corrected chi connectivity index (χ4v) is 3.54. The van der Waals surface area contributed by atoms with Crippen molar-refractivity contribution in [2.75, 3.05) is 23.7 Å². The lowest BCUT2D eigenvalue weighted by Gasteiger charge is -2.27. The smallest absolute Gasteiger partial charge is 0.287 e. The Bertz CT molecular complexity index is 847. The highest BCUT2D eigenvalue weighted by molar-refractivity contribution is 7.13. The van der Waals surface area contributed by atoms with Gasteiger partial charge in [-0.2, -0.15) is 0 Å². The molecule has 9 heteroatoms. The van der Waals surface area contributed by atoms with E-state index in [1.54, 1.807) is 23.8 Å². The molecular weight excluding hydrogens is 328 g/mol. The molecule has 3 aromatic heterocycles. The summed E-state index contributed by atoms with van der Waals surface area (Å²) >= 11 is 1.35. The first kappa shape index (κ1) is 14.9. The molecule has 0 radical (unpaired) electrons. The van der Waals surface area contributed by atoms with Crippen molar-refractivity contribution in [2.45, 2.75) is 19.3 Å². The number of piperidine rings is 1. The zero-order valence-corrected chi connectivity index (χ0v) is 13.7. The minimum absolute atomic E-state index is 0.0770. The Morgan fingerprint density at radius 1 is 1.25 bits per heavy atom. The molecule has 124 valence electrons. The van der Waals surface area contributed by atoms with Gasteiger partial charge in [0.25, 0.3) is 5.91 Å². The van der Waals surface area contributed by atoms with Gasteiger partial charge in [0.1, 0.15) is 5.69 Å². The molecule has 2 N–H and O–H groups in total. The van der Waals surface area contributed by atoms with E-state index < -0.39 is 0 Å². The molecule has 3 aromatic rings. The highest BCUT2D eigenvalue weighted by Gasteiger charge is 2.25. The SMILES string of the molecule is Nc1nnc(N2CCCCC2)n1C(=O)c1csc(-c2ccco2)n1. The maximum atomic E-state index is 12.9. The summed E-state index contributed by atoms with van der Waals surface area (Å²) in [7, 11) is 0. The van der Waals surface area contributed by atoms with Crippen LogP contribution in [0.15, 0.2) is 28.2 Å². The van der Waals surface area contributed by atoms with E-state index in [0.29, 0.717) is 22.4 Å². The van der Waals surface area contributed by atoms with Crippen LogP contribution in [-0.4, -0.2) is 38.7 Å². The number of carbonyl (C=O) groups excluding carboxylic acids is 1. The average molecular weight is 344 g/mol. The first-order chi connectivity index (χ1) is 11.7. The van der Waals surface area contributed by atoms with Crippen LogP contribution in [0, 0.1) is 0 Å². The molecule has 1 aliphatic heterocycles. The van der Waals surface area contributed by atoms with Crippen molar-refractivity contribution in [3.05, 3.63) is 29.5 Å². The summed E-state index contributed by atoms with van der Waals surface area (Å²) in [5.41, 5.74) is 6.19. The van der Waals surface area contributed by atoms with Gasteiger partial charge in [0.15, 0.2) is 10.8 Å². The van der Waals surface area contributed by atoms with Gasteiger partial charge in [-0.05, 0) is 31.4 Å².